The summed E-state index contributed by atoms with van der Waals surface area (Å²) >= 11 is 0. The summed E-state index contributed by atoms with van der Waals surface area (Å²) in [6.45, 7) is 2.72. The van der Waals surface area contributed by atoms with Crippen molar-refractivity contribution in [1.82, 2.24) is 0 Å². The molecular formula is C15H14FN3. The Balaban J connectivity index is 2.40. The second-order valence-electron chi connectivity index (χ2n) is 4.10. The van der Waals surface area contributed by atoms with Crippen molar-refractivity contribution >= 4 is 17.1 Å². The van der Waals surface area contributed by atoms with Gasteiger partial charge in [-0.25, -0.2) is 4.39 Å². The number of benzene rings is 2. The van der Waals surface area contributed by atoms with Gasteiger partial charge in [0.1, 0.15) is 11.9 Å². The first-order chi connectivity index (χ1) is 9.15. The lowest BCUT2D eigenvalue weighted by molar-refractivity contribution is 0.628. The molecule has 0 aliphatic carbocycles. The highest BCUT2D eigenvalue weighted by Gasteiger charge is 2.09. The first-order valence-corrected chi connectivity index (χ1v) is 5.98. The molecule has 0 unspecified atom stereocenters. The van der Waals surface area contributed by atoms with E-state index in [0.717, 1.165) is 17.9 Å². The summed E-state index contributed by atoms with van der Waals surface area (Å²) in [7, 11) is 0. The van der Waals surface area contributed by atoms with E-state index in [2.05, 4.69) is 0 Å². The summed E-state index contributed by atoms with van der Waals surface area (Å²) in [6, 6.07) is 13.6. The lowest BCUT2D eigenvalue weighted by atomic mass is 10.1. The second-order valence-corrected chi connectivity index (χ2v) is 4.10. The molecule has 4 heteroatoms. The van der Waals surface area contributed by atoms with Crippen molar-refractivity contribution in [1.29, 1.82) is 5.26 Å². The van der Waals surface area contributed by atoms with Gasteiger partial charge in [0.05, 0.1) is 11.3 Å². The summed E-state index contributed by atoms with van der Waals surface area (Å²) in [5, 5.41) is 8.87. The maximum atomic E-state index is 12.9. The molecule has 0 aliphatic rings. The van der Waals surface area contributed by atoms with Crippen LogP contribution < -0.4 is 10.6 Å². The summed E-state index contributed by atoms with van der Waals surface area (Å²) in [5.74, 6) is -0.265. The van der Waals surface area contributed by atoms with Gasteiger partial charge in [0, 0.05) is 17.9 Å². The molecular weight excluding hydrogens is 241 g/mol. The molecule has 0 heterocycles. The van der Waals surface area contributed by atoms with E-state index in [1.807, 2.05) is 24.0 Å². The summed E-state index contributed by atoms with van der Waals surface area (Å²) in [4.78, 5) is 2.00. The van der Waals surface area contributed by atoms with Crippen LogP contribution in [0.4, 0.5) is 21.5 Å². The van der Waals surface area contributed by atoms with E-state index in [-0.39, 0.29) is 5.82 Å². The smallest absolute Gasteiger partial charge is 0.123 e. The van der Waals surface area contributed by atoms with Crippen LogP contribution in [0.5, 0.6) is 0 Å². The molecule has 0 saturated carbocycles. The van der Waals surface area contributed by atoms with E-state index in [9.17, 15) is 4.39 Å². The second kappa shape index (κ2) is 5.40. The molecule has 19 heavy (non-hydrogen) atoms. The third-order valence-electron chi connectivity index (χ3n) is 2.92. The lowest BCUT2D eigenvalue weighted by Gasteiger charge is -2.23. The standard InChI is InChI=1S/C15H14FN3/c1-2-19(13-7-4-12(16)5-8-13)14-6-3-11(10-17)15(18)9-14/h3-9H,2,18H2,1H3. The van der Waals surface area contributed by atoms with Gasteiger partial charge >= 0.3 is 0 Å². The fraction of sp³-hybridized carbons (Fsp3) is 0.133. The summed E-state index contributed by atoms with van der Waals surface area (Å²) in [6.07, 6.45) is 0. The van der Waals surface area contributed by atoms with Crippen LogP contribution >= 0.6 is 0 Å². The van der Waals surface area contributed by atoms with Gasteiger partial charge in [0.2, 0.25) is 0 Å². The number of halogens is 1. The highest BCUT2D eigenvalue weighted by molar-refractivity contribution is 5.69. The number of hydrogen-bond donors (Lipinski definition) is 1. The van der Waals surface area contributed by atoms with Gasteiger partial charge in [-0.05, 0) is 49.4 Å². The summed E-state index contributed by atoms with van der Waals surface area (Å²) < 4.78 is 12.9. The van der Waals surface area contributed by atoms with E-state index in [4.69, 9.17) is 11.0 Å². The zero-order valence-corrected chi connectivity index (χ0v) is 10.6. The molecule has 0 spiro atoms. The fourth-order valence-corrected chi connectivity index (χ4v) is 1.96. The number of nitrogen functional groups attached to an aromatic ring is 1. The lowest BCUT2D eigenvalue weighted by Crippen LogP contribution is -2.16. The zero-order chi connectivity index (χ0) is 13.8. The minimum absolute atomic E-state index is 0.265. The maximum Gasteiger partial charge on any atom is 0.123 e. The number of nitriles is 1. The van der Waals surface area contributed by atoms with E-state index in [1.165, 1.54) is 12.1 Å². The maximum absolute atomic E-state index is 12.9. The van der Waals surface area contributed by atoms with Crippen molar-refractivity contribution in [3.8, 4) is 6.07 Å². The minimum Gasteiger partial charge on any atom is -0.398 e. The molecule has 96 valence electrons. The Kier molecular flexibility index (Phi) is 3.67. The number of nitrogens with zero attached hydrogens (tertiary/aromatic N) is 2. The molecule has 3 nitrogen and oxygen atoms in total. The molecule has 2 N–H and O–H groups in total. The summed E-state index contributed by atoms with van der Waals surface area (Å²) in [5.41, 5.74) is 8.48. The number of nitrogens with two attached hydrogens (primary N) is 1. The predicted octanol–water partition coefficient (Wildman–Crippen LogP) is 3.44. The van der Waals surface area contributed by atoms with E-state index >= 15 is 0 Å². The third kappa shape index (κ3) is 2.66. The van der Waals surface area contributed by atoms with Gasteiger partial charge < -0.3 is 10.6 Å². The topological polar surface area (TPSA) is 53.0 Å². The third-order valence-corrected chi connectivity index (χ3v) is 2.92. The molecule has 0 atom stereocenters. The molecule has 2 aromatic carbocycles. The monoisotopic (exact) mass is 255 g/mol. The number of anilines is 3. The normalized spacial score (nSPS) is 9.95. The van der Waals surface area contributed by atoms with Crippen molar-refractivity contribution in [3.05, 3.63) is 53.8 Å². The Morgan fingerprint density at radius 1 is 1.16 bits per heavy atom. The van der Waals surface area contributed by atoms with E-state index < -0.39 is 0 Å². The SMILES string of the molecule is CCN(c1ccc(F)cc1)c1ccc(C#N)c(N)c1. The Labute approximate surface area is 111 Å². The van der Waals surface area contributed by atoms with Crippen LogP contribution in [0.25, 0.3) is 0 Å². The van der Waals surface area contributed by atoms with Gasteiger partial charge in [0.15, 0.2) is 0 Å². The number of hydrogen-bond acceptors (Lipinski definition) is 3. The molecule has 0 fully saturated rings. The molecule has 0 radical (unpaired) electrons. The molecule has 0 amide bonds. The molecule has 2 rings (SSSR count). The van der Waals surface area contributed by atoms with Gasteiger partial charge in [-0.1, -0.05) is 0 Å². The van der Waals surface area contributed by atoms with Gasteiger partial charge in [-0.15, -0.1) is 0 Å². The largest absolute Gasteiger partial charge is 0.398 e. The molecule has 0 aliphatic heterocycles. The van der Waals surface area contributed by atoms with Crippen LogP contribution in [-0.4, -0.2) is 6.54 Å². The van der Waals surface area contributed by atoms with E-state index in [0.29, 0.717) is 11.3 Å². The first-order valence-electron chi connectivity index (χ1n) is 5.98. The van der Waals surface area contributed by atoms with Crippen molar-refractivity contribution in [3.63, 3.8) is 0 Å². The predicted molar refractivity (Wildman–Crippen MR) is 74.6 cm³/mol. The van der Waals surface area contributed by atoms with Crippen molar-refractivity contribution in [2.45, 2.75) is 6.92 Å². The van der Waals surface area contributed by atoms with Crippen LogP contribution in [0.2, 0.25) is 0 Å². The van der Waals surface area contributed by atoms with Crippen LogP contribution in [-0.2, 0) is 0 Å². The molecule has 0 aromatic heterocycles. The molecule has 0 saturated heterocycles. The van der Waals surface area contributed by atoms with Gasteiger partial charge in [-0.3, -0.25) is 0 Å². The average Bonchev–Trinajstić information content (AvgIpc) is 2.42. The minimum atomic E-state index is -0.265. The Bertz CT molecular complexity index is 614. The quantitative estimate of drug-likeness (QED) is 0.855. The van der Waals surface area contributed by atoms with Gasteiger partial charge in [0.25, 0.3) is 0 Å². The average molecular weight is 255 g/mol. The van der Waals surface area contributed by atoms with E-state index in [1.54, 1.807) is 24.3 Å². The molecule has 0 bridgehead atoms. The van der Waals surface area contributed by atoms with Crippen LogP contribution in [0.15, 0.2) is 42.5 Å². The van der Waals surface area contributed by atoms with Crippen LogP contribution in [0.3, 0.4) is 0 Å². The van der Waals surface area contributed by atoms with Crippen LogP contribution in [0, 0.1) is 17.1 Å². The van der Waals surface area contributed by atoms with Crippen molar-refractivity contribution in [2.24, 2.45) is 0 Å². The highest BCUT2D eigenvalue weighted by Crippen LogP contribution is 2.28. The Morgan fingerprint density at radius 2 is 1.79 bits per heavy atom. The zero-order valence-electron chi connectivity index (χ0n) is 10.6. The van der Waals surface area contributed by atoms with Crippen LogP contribution in [0.1, 0.15) is 12.5 Å². The molecule has 2 aromatic rings. The van der Waals surface area contributed by atoms with Crippen molar-refractivity contribution < 1.29 is 4.39 Å². The fourth-order valence-electron chi connectivity index (χ4n) is 1.96. The number of rotatable bonds is 3. The Morgan fingerprint density at radius 3 is 2.32 bits per heavy atom. The van der Waals surface area contributed by atoms with Gasteiger partial charge in [-0.2, -0.15) is 5.26 Å². The Hall–Kier alpha value is -2.54. The van der Waals surface area contributed by atoms with Crippen molar-refractivity contribution in [2.75, 3.05) is 17.2 Å². The first kappa shape index (κ1) is 12.9. The highest BCUT2D eigenvalue weighted by atomic mass is 19.1.